The number of hydrogen-bond donors (Lipinski definition) is 0. The first-order valence-electron chi connectivity index (χ1n) is 4.67. The van der Waals surface area contributed by atoms with Gasteiger partial charge in [0.15, 0.2) is 0 Å². The fraction of sp³-hybridized carbons (Fsp3) is 0.455. The molecule has 2 unspecified atom stereocenters. The third-order valence-corrected chi connectivity index (χ3v) is 2.78. The number of fused-ring (bicyclic) bond motifs is 1. The van der Waals surface area contributed by atoms with Crippen LogP contribution in [0.5, 0.6) is 0 Å². The maximum atomic E-state index is 8.93. The predicted molar refractivity (Wildman–Crippen MR) is 50.2 cm³/mol. The zero-order valence-corrected chi connectivity index (χ0v) is 7.70. The average molecular weight is 172 g/mol. The van der Waals surface area contributed by atoms with Crippen molar-refractivity contribution in [1.29, 1.82) is 5.26 Å². The van der Waals surface area contributed by atoms with Crippen molar-refractivity contribution in [3.63, 3.8) is 0 Å². The van der Waals surface area contributed by atoms with E-state index in [1.165, 1.54) is 5.56 Å². The summed E-state index contributed by atoms with van der Waals surface area (Å²) in [7, 11) is 0. The van der Waals surface area contributed by atoms with Gasteiger partial charge in [0.1, 0.15) is 0 Å². The first kappa shape index (κ1) is 8.25. The Balaban J connectivity index is 2.49. The van der Waals surface area contributed by atoms with Gasteiger partial charge in [-0.2, -0.15) is 5.26 Å². The van der Waals surface area contributed by atoms with Crippen molar-refractivity contribution in [3.8, 4) is 6.07 Å². The lowest BCUT2D eigenvalue weighted by molar-refractivity contribution is 0.546. The molecule has 0 N–H and O–H groups in total. The molecule has 1 aromatic heterocycles. The maximum absolute atomic E-state index is 8.93. The number of rotatable bonds is 0. The summed E-state index contributed by atoms with van der Waals surface area (Å²) in [6.45, 7) is 2.20. The summed E-state index contributed by atoms with van der Waals surface area (Å²) in [6.07, 6.45) is 3.85. The normalized spacial score (nSPS) is 26.2. The van der Waals surface area contributed by atoms with Crippen LogP contribution in [0.15, 0.2) is 18.3 Å². The number of nitriles is 1. The molecule has 2 rings (SSSR count). The molecule has 1 aromatic rings. The molecule has 0 bridgehead atoms. The highest BCUT2D eigenvalue weighted by Crippen LogP contribution is 2.36. The van der Waals surface area contributed by atoms with Gasteiger partial charge in [-0.15, -0.1) is 0 Å². The van der Waals surface area contributed by atoms with Crippen molar-refractivity contribution < 1.29 is 0 Å². The topological polar surface area (TPSA) is 36.7 Å². The second-order valence-electron chi connectivity index (χ2n) is 3.64. The summed E-state index contributed by atoms with van der Waals surface area (Å²) in [6, 6.07) is 6.37. The van der Waals surface area contributed by atoms with Crippen LogP contribution in [0.4, 0.5) is 0 Å². The average Bonchev–Trinajstić information content (AvgIpc) is 2.19. The number of hydrogen-bond acceptors (Lipinski definition) is 2. The van der Waals surface area contributed by atoms with Gasteiger partial charge < -0.3 is 0 Å². The molecule has 0 saturated carbocycles. The van der Waals surface area contributed by atoms with Gasteiger partial charge in [-0.3, -0.25) is 4.98 Å². The van der Waals surface area contributed by atoms with Crippen LogP contribution in [0, 0.1) is 11.3 Å². The Bertz CT molecular complexity index is 351. The van der Waals surface area contributed by atoms with E-state index in [0.29, 0.717) is 5.92 Å². The van der Waals surface area contributed by atoms with E-state index < -0.39 is 0 Å². The van der Waals surface area contributed by atoms with Crippen molar-refractivity contribution in [3.05, 3.63) is 29.6 Å². The minimum atomic E-state index is 0.0207. The van der Waals surface area contributed by atoms with Crippen LogP contribution >= 0.6 is 0 Å². The molecule has 0 spiro atoms. The number of nitrogens with zero attached hydrogens (tertiary/aromatic N) is 2. The molecule has 0 aliphatic heterocycles. The molecule has 0 aromatic carbocycles. The van der Waals surface area contributed by atoms with E-state index in [1.54, 1.807) is 6.20 Å². The van der Waals surface area contributed by atoms with Gasteiger partial charge in [0, 0.05) is 6.20 Å². The molecule has 13 heavy (non-hydrogen) atoms. The van der Waals surface area contributed by atoms with Crippen molar-refractivity contribution >= 4 is 0 Å². The van der Waals surface area contributed by atoms with Crippen LogP contribution in [0.25, 0.3) is 0 Å². The third-order valence-electron chi connectivity index (χ3n) is 2.78. The molecule has 2 heteroatoms. The largest absolute Gasteiger partial charge is 0.260 e. The monoisotopic (exact) mass is 172 g/mol. The predicted octanol–water partition coefficient (Wildman–Crippen LogP) is 2.59. The summed E-state index contributed by atoms with van der Waals surface area (Å²) < 4.78 is 0. The molecule has 0 saturated heterocycles. The smallest absolute Gasteiger partial charge is 0.0887 e. The van der Waals surface area contributed by atoms with E-state index in [9.17, 15) is 0 Å². The van der Waals surface area contributed by atoms with Crippen LogP contribution in [0.3, 0.4) is 0 Å². The lowest BCUT2D eigenvalue weighted by atomic mass is 9.81. The van der Waals surface area contributed by atoms with Crippen LogP contribution in [-0.2, 0) is 0 Å². The van der Waals surface area contributed by atoms with Gasteiger partial charge in [-0.25, -0.2) is 0 Å². The van der Waals surface area contributed by atoms with E-state index in [2.05, 4.69) is 24.0 Å². The highest BCUT2D eigenvalue weighted by atomic mass is 14.7. The highest BCUT2D eigenvalue weighted by Gasteiger charge is 2.25. The summed E-state index contributed by atoms with van der Waals surface area (Å²) >= 11 is 0. The van der Waals surface area contributed by atoms with E-state index in [4.69, 9.17) is 5.26 Å². The Hall–Kier alpha value is -1.36. The Labute approximate surface area is 78.2 Å². The first-order chi connectivity index (χ1) is 6.33. The summed E-state index contributed by atoms with van der Waals surface area (Å²) in [5.74, 6) is 0.584. The Morgan fingerprint density at radius 2 is 2.38 bits per heavy atom. The van der Waals surface area contributed by atoms with Crippen molar-refractivity contribution in [2.45, 2.75) is 31.6 Å². The van der Waals surface area contributed by atoms with Crippen LogP contribution in [-0.4, -0.2) is 4.98 Å². The molecule has 1 aliphatic rings. The third kappa shape index (κ3) is 1.31. The van der Waals surface area contributed by atoms with Gasteiger partial charge in [0.2, 0.25) is 0 Å². The van der Waals surface area contributed by atoms with E-state index in [1.807, 2.05) is 6.07 Å². The molecule has 2 nitrogen and oxygen atoms in total. The molecular formula is C11H12N2. The highest BCUT2D eigenvalue weighted by molar-refractivity contribution is 5.32. The Kier molecular flexibility index (Phi) is 2.02. The van der Waals surface area contributed by atoms with Gasteiger partial charge in [-0.05, 0) is 30.4 Å². The molecule has 66 valence electrons. The molecular weight excluding hydrogens is 160 g/mol. The molecule has 0 amide bonds. The van der Waals surface area contributed by atoms with Crippen LogP contribution in [0.2, 0.25) is 0 Å². The van der Waals surface area contributed by atoms with E-state index in [0.717, 1.165) is 18.5 Å². The Morgan fingerprint density at radius 1 is 1.54 bits per heavy atom. The van der Waals surface area contributed by atoms with Crippen molar-refractivity contribution in [1.82, 2.24) is 4.98 Å². The second-order valence-corrected chi connectivity index (χ2v) is 3.64. The lowest BCUT2D eigenvalue weighted by Gasteiger charge is -2.24. The Morgan fingerprint density at radius 3 is 3.15 bits per heavy atom. The van der Waals surface area contributed by atoms with Gasteiger partial charge >= 0.3 is 0 Å². The fourth-order valence-corrected chi connectivity index (χ4v) is 1.97. The summed E-state index contributed by atoms with van der Waals surface area (Å²) in [4.78, 5) is 4.30. The van der Waals surface area contributed by atoms with Gasteiger partial charge in [0.05, 0.1) is 17.7 Å². The van der Waals surface area contributed by atoms with Gasteiger partial charge in [-0.1, -0.05) is 13.0 Å². The van der Waals surface area contributed by atoms with Crippen LogP contribution < -0.4 is 0 Å². The zero-order valence-electron chi connectivity index (χ0n) is 7.70. The molecule has 1 aliphatic carbocycles. The maximum Gasteiger partial charge on any atom is 0.0887 e. The SMILES string of the molecule is CC1CCC(C#N)c2ncccc21. The fourth-order valence-electron chi connectivity index (χ4n) is 1.97. The second kappa shape index (κ2) is 3.18. The lowest BCUT2D eigenvalue weighted by Crippen LogP contribution is -2.13. The molecule has 0 radical (unpaired) electrons. The zero-order chi connectivity index (χ0) is 9.26. The number of pyridine rings is 1. The quantitative estimate of drug-likeness (QED) is 0.603. The minimum Gasteiger partial charge on any atom is -0.260 e. The first-order valence-corrected chi connectivity index (χ1v) is 4.67. The van der Waals surface area contributed by atoms with Crippen molar-refractivity contribution in [2.24, 2.45) is 0 Å². The minimum absolute atomic E-state index is 0.0207. The van der Waals surface area contributed by atoms with E-state index >= 15 is 0 Å². The van der Waals surface area contributed by atoms with Crippen LogP contribution in [0.1, 0.15) is 42.9 Å². The summed E-state index contributed by atoms with van der Waals surface area (Å²) in [5, 5.41) is 8.93. The number of aromatic nitrogens is 1. The summed E-state index contributed by atoms with van der Waals surface area (Å²) in [5.41, 5.74) is 2.27. The van der Waals surface area contributed by atoms with Crippen molar-refractivity contribution in [2.75, 3.05) is 0 Å². The standard InChI is InChI=1S/C11H12N2/c1-8-4-5-9(7-12)11-10(8)3-2-6-13-11/h2-3,6,8-9H,4-5H2,1H3. The molecule has 1 heterocycles. The van der Waals surface area contributed by atoms with E-state index in [-0.39, 0.29) is 5.92 Å². The van der Waals surface area contributed by atoms with Gasteiger partial charge in [0.25, 0.3) is 0 Å². The molecule has 2 atom stereocenters. The molecule has 0 fully saturated rings.